The van der Waals surface area contributed by atoms with E-state index in [2.05, 4.69) is 34.5 Å². The third-order valence-corrected chi connectivity index (χ3v) is 8.17. The first-order chi connectivity index (χ1) is 20.9. The van der Waals surface area contributed by atoms with E-state index in [0.717, 1.165) is 56.3 Å². The van der Waals surface area contributed by atoms with E-state index >= 15 is 0 Å². The van der Waals surface area contributed by atoms with Gasteiger partial charge in [0.2, 0.25) is 5.91 Å². The van der Waals surface area contributed by atoms with Crippen LogP contribution >= 0.6 is 0 Å². The molecule has 44 heavy (non-hydrogen) atoms. The van der Waals surface area contributed by atoms with Crippen LogP contribution in [-0.2, 0) is 30.0 Å². The van der Waals surface area contributed by atoms with Crippen molar-refractivity contribution in [3.8, 4) is 0 Å². The Morgan fingerprint density at radius 1 is 0.818 bits per heavy atom. The van der Waals surface area contributed by atoms with Gasteiger partial charge in [-0.25, -0.2) is 0 Å². The van der Waals surface area contributed by atoms with Gasteiger partial charge in [-0.1, -0.05) is 60.7 Å². The number of hydrogen-bond donors (Lipinski definition) is 1. The van der Waals surface area contributed by atoms with Crippen molar-refractivity contribution in [2.24, 2.45) is 0 Å². The molecule has 1 aliphatic heterocycles. The summed E-state index contributed by atoms with van der Waals surface area (Å²) in [5.41, 5.74) is -0.700. The van der Waals surface area contributed by atoms with E-state index < -0.39 is 29.5 Å². The molecule has 0 spiro atoms. The quantitative estimate of drug-likeness (QED) is 0.168. The topological polar surface area (TPSA) is 35.6 Å². The number of carbonyl (C=O) groups excluding carboxylic acids is 1. The van der Waals surface area contributed by atoms with Gasteiger partial charge in [0.25, 0.3) is 0 Å². The Bertz CT molecular complexity index is 1290. The minimum atomic E-state index is -4.92. The lowest BCUT2D eigenvalue weighted by Gasteiger charge is -2.38. The number of benzene rings is 3. The molecule has 1 atom stereocenters. The molecule has 1 fully saturated rings. The van der Waals surface area contributed by atoms with Crippen molar-refractivity contribution < 1.29 is 31.1 Å². The summed E-state index contributed by atoms with van der Waals surface area (Å²) >= 11 is 0. The molecule has 4 rings (SSSR count). The number of rotatable bonds is 12. The second kappa shape index (κ2) is 15.1. The van der Waals surface area contributed by atoms with Gasteiger partial charge < -0.3 is 10.2 Å². The first kappa shape index (κ1) is 33.5. The number of unbranched alkanes of at least 4 members (excludes halogenated alkanes) is 1. The third kappa shape index (κ3) is 9.56. The molecule has 3 aromatic carbocycles. The summed E-state index contributed by atoms with van der Waals surface area (Å²) in [6.45, 7) is 2.27. The number of aryl methyl sites for hydroxylation is 1. The highest BCUT2D eigenvalue weighted by atomic mass is 19.4. The molecule has 0 aromatic heterocycles. The minimum absolute atomic E-state index is 0.0260. The van der Waals surface area contributed by atoms with Crippen LogP contribution in [-0.4, -0.2) is 55.0 Å². The lowest BCUT2D eigenvalue weighted by atomic mass is 9.97. The van der Waals surface area contributed by atoms with E-state index in [1.807, 2.05) is 36.4 Å². The molecule has 3 aromatic rings. The summed E-state index contributed by atoms with van der Waals surface area (Å²) in [7, 11) is 1.54. The second-order valence-corrected chi connectivity index (χ2v) is 11.4. The van der Waals surface area contributed by atoms with E-state index in [-0.39, 0.29) is 30.5 Å². The normalized spacial score (nSPS) is 15.7. The minimum Gasteiger partial charge on any atom is -0.344 e. The highest BCUT2D eigenvalue weighted by Gasteiger charge is 2.37. The fourth-order valence-electron chi connectivity index (χ4n) is 5.69. The lowest BCUT2D eigenvalue weighted by molar-refractivity contribution is -0.143. The van der Waals surface area contributed by atoms with Crippen molar-refractivity contribution in [2.45, 2.75) is 63.0 Å². The number of nitrogens with one attached hydrogen (secondary N) is 1. The van der Waals surface area contributed by atoms with Crippen molar-refractivity contribution in [1.29, 1.82) is 0 Å². The van der Waals surface area contributed by atoms with Gasteiger partial charge in [0.15, 0.2) is 0 Å². The number of carbonyl (C=O) groups is 1. The van der Waals surface area contributed by atoms with Crippen molar-refractivity contribution in [2.75, 3.05) is 33.2 Å². The van der Waals surface area contributed by atoms with Crippen LogP contribution in [0.25, 0.3) is 0 Å². The molecule has 238 valence electrons. The zero-order valence-electron chi connectivity index (χ0n) is 24.8. The second-order valence-electron chi connectivity index (χ2n) is 11.4. The van der Waals surface area contributed by atoms with Crippen LogP contribution in [0.4, 0.5) is 26.3 Å². The molecule has 1 saturated heterocycles. The molecule has 0 saturated carbocycles. The number of alkyl halides is 6. The molecular formula is C34H39F6N3O. The molecule has 0 aliphatic carbocycles. The van der Waals surface area contributed by atoms with Gasteiger partial charge >= 0.3 is 12.4 Å². The van der Waals surface area contributed by atoms with Gasteiger partial charge in [-0.05, 0) is 80.0 Å². The third-order valence-electron chi connectivity index (χ3n) is 8.17. The van der Waals surface area contributed by atoms with Crippen molar-refractivity contribution in [3.63, 3.8) is 0 Å². The van der Waals surface area contributed by atoms with Crippen LogP contribution in [0.3, 0.4) is 0 Å². The van der Waals surface area contributed by atoms with Crippen molar-refractivity contribution >= 4 is 5.91 Å². The van der Waals surface area contributed by atoms with Gasteiger partial charge in [-0.3, -0.25) is 9.69 Å². The molecule has 1 unspecified atom stereocenters. The fourth-order valence-corrected chi connectivity index (χ4v) is 5.69. The summed E-state index contributed by atoms with van der Waals surface area (Å²) < 4.78 is 79.9. The average Bonchev–Trinajstić information content (AvgIpc) is 3.00. The number of likely N-dealkylation sites (N-methyl/N-ethyl adjacent to an activating group) is 1. The highest BCUT2D eigenvalue weighted by Crippen LogP contribution is 2.36. The Labute approximate surface area is 255 Å². The van der Waals surface area contributed by atoms with Crippen LogP contribution in [0.2, 0.25) is 0 Å². The van der Waals surface area contributed by atoms with E-state index in [0.29, 0.717) is 19.1 Å². The van der Waals surface area contributed by atoms with Crippen molar-refractivity contribution in [3.05, 3.63) is 107 Å². The van der Waals surface area contributed by atoms with Crippen LogP contribution < -0.4 is 5.32 Å². The van der Waals surface area contributed by atoms with Gasteiger partial charge in [0, 0.05) is 32.7 Å². The fraction of sp³-hybridized carbons (Fsp3) is 0.441. The van der Waals surface area contributed by atoms with Crippen molar-refractivity contribution in [1.82, 2.24) is 15.1 Å². The number of halogens is 6. The molecular weight excluding hydrogens is 580 g/mol. The predicted molar refractivity (Wildman–Crippen MR) is 159 cm³/mol. The Balaban J connectivity index is 1.35. The molecule has 1 amide bonds. The summed E-state index contributed by atoms with van der Waals surface area (Å²) in [5.74, 6) is -0.244. The average molecular weight is 620 g/mol. The highest BCUT2D eigenvalue weighted by molar-refractivity contribution is 5.83. The Morgan fingerprint density at radius 3 is 1.95 bits per heavy atom. The van der Waals surface area contributed by atoms with Gasteiger partial charge in [0.05, 0.1) is 11.1 Å². The Kier molecular flexibility index (Phi) is 11.5. The number of piperidine rings is 1. The Hall–Kier alpha value is -3.37. The number of nitrogens with zero attached hydrogens (tertiary/aromatic N) is 2. The van der Waals surface area contributed by atoms with Gasteiger partial charge in [-0.15, -0.1) is 0 Å². The monoisotopic (exact) mass is 619 g/mol. The zero-order valence-corrected chi connectivity index (χ0v) is 24.8. The van der Waals surface area contributed by atoms with Crippen LogP contribution in [0, 0.1) is 0 Å². The smallest absolute Gasteiger partial charge is 0.344 e. The molecule has 4 nitrogen and oxygen atoms in total. The number of amides is 1. The number of hydrogen-bond acceptors (Lipinski definition) is 3. The van der Waals surface area contributed by atoms with E-state index in [9.17, 15) is 31.1 Å². The molecule has 1 aliphatic rings. The van der Waals surface area contributed by atoms with Gasteiger partial charge in [-0.2, -0.15) is 26.3 Å². The summed E-state index contributed by atoms with van der Waals surface area (Å²) in [6, 6.07) is 21.0. The largest absolute Gasteiger partial charge is 0.416 e. The van der Waals surface area contributed by atoms with E-state index in [1.54, 1.807) is 7.05 Å². The van der Waals surface area contributed by atoms with Gasteiger partial charge in [0.1, 0.15) is 6.04 Å². The first-order valence-electron chi connectivity index (χ1n) is 15.0. The standard InChI is InChI=1S/C34H39F6N3O/c1-42(19-15-26-22-28(33(35,36)37)24-29(23-26)34(38,39)40)32(44)31(27-13-6-3-7-14-27)43-20-16-30(17-21-43)41-18-9-8-12-25-10-4-2-5-11-25/h2-7,10-11,13-14,22-24,30-31,41H,8-9,12,15-21H2,1H3. The zero-order chi connectivity index (χ0) is 31.7. The number of likely N-dealkylation sites (tertiary alicyclic amines) is 1. The lowest BCUT2D eigenvalue weighted by Crippen LogP contribution is -2.48. The van der Waals surface area contributed by atoms with Crippen LogP contribution in [0.1, 0.15) is 59.5 Å². The molecule has 0 bridgehead atoms. The molecule has 1 N–H and O–H groups in total. The van der Waals surface area contributed by atoms with Crippen LogP contribution in [0.15, 0.2) is 78.9 Å². The summed E-state index contributed by atoms with van der Waals surface area (Å²) in [6.07, 6.45) is -5.03. The van der Waals surface area contributed by atoms with Crippen LogP contribution in [0.5, 0.6) is 0 Å². The molecule has 10 heteroatoms. The summed E-state index contributed by atoms with van der Waals surface area (Å²) in [4.78, 5) is 17.3. The maximum absolute atomic E-state index is 13.8. The van der Waals surface area contributed by atoms with E-state index in [4.69, 9.17) is 0 Å². The predicted octanol–water partition coefficient (Wildman–Crippen LogP) is 7.54. The van der Waals surface area contributed by atoms with E-state index in [1.165, 1.54) is 10.5 Å². The summed E-state index contributed by atoms with van der Waals surface area (Å²) in [5, 5.41) is 3.65. The first-order valence-corrected chi connectivity index (χ1v) is 15.0. The Morgan fingerprint density at radius 2 is 1.39 bits per heavy atom. The molecule has 1 heterocycles. The molecule has 0 radical (unpaired) electrons. The maximum Gasteiger partial charge on any atom is 0.416 e. The maximum atomic E-state index is 13.8. The SMILES string of the molecule is CN(CCc1cc(C(F)(F)F)cc(C(F)(F)F)c1)C(=O)C(c1ccccc1)N1CCC(NCCCCc2ccccc2)CC1.